The van der Waals surface area contributed by atoms with E-state index in [-0.39, 0.29) is 17.5 Å². The summed E-state index contributed by atoms with van der Waals surface area (Å²) in [6, 6.07) is 9.41. The molecule has 0 spiro atoms. The molecule has 0 fully saturated rings. The number of aliphatic imine (C=N–C) groups is 1. The molecule has 0 saturated carbocycles. The molecule has 3 rings (SSSR count). The van der Waals surface area contributed by atoms with Gasteiger partial charge in [0.05, 0.1) is 17.5 Å². The van der Waals surface area contributed by atoms with Crippen molar-refractivity contribution in [2.75, 3.05) is 0 Å². The predicted octanol–water partition coefficient (Wildman–Crippen LogP) is 4.10. The number of aryl methyl sites for hydroxylation is 1. The summed E-state index contributed by atoms with van der Waals surface area (Å²) in [6.45, 7) is 2.05. The second-order valence-corrected chi connectivity index (χ2v) is 6.52. The third-order valence-electron chi connectivity index (χ3n) is 4.33. The highest BCUT2D eigenvalue weighted by molar-refractivity contribution is 6.10. The number of phenols is 2. The summed E-state index contributed by atoms with van der Waals surface area (Å²) in [5.41, 5.74) is 4.34. The number of phenolic OH excluding ortho intramolecular Hbond substituents is 2. The first-order valence-corrected chi connectivity index (χ1v) is 8.70. The predicted molar refractivity (Wildman–Crippen MR) is 106 cm³/mol. The average molecular weight is 418 g/mol. The monoisotopic (exact) mass is 418 g/mol. The summed E-state index contributed by atoms with van der Waals surface area (Å²) in [4.78, 5) is 16.9. The van der Waals surface area contributed by atoms with Crippen LogP contribution in [0.15, 0.2) is 56.8 Å². The van der Waals surface area contributed by atoms with Crippen LogP contribution in [0.2, 0.25) is 0 Å². The van der Waals surface area contributed by atoms with E-state index < -0.39 is 40.0 Å². The van der Waals surface area contributed by atoms with Crippen molar-refractivity contribution >= 4 is 22.8 Å². The molecule has 3 aromatic rings. The van der Waals surface area contributed by atoms with Crippen molar-refractivity contribution in [3.05, 3.63) is 75.3 Å². The maximum absolute atomic E-state index is 13.6. The van der Waals surface area contributed by atoms with Crippen LogP contribution in [0.1, 0.15) is 22.5 Å². The van der Waals surface area contributed by atoms with Gasteiger partial charge >= 0.3 is 6.18 Å². The molecule has 1 heterocycles. The van der Waals surface area contributed by atoms with Gasteiger partial charge in [0.15, 0.2) is 11.3 Å². The number of rotatable bonds is 4. The number of alkyl halides is 3. The number of hydrogen-bond donors (Lipinski definition) is 3. The SMILES string of the molecule is Cc1cccc(CN=C/C(=C\N)c2c(C(F)(F)F)oc3c(O)c(O)ccc3c2=O)c1. The normalized spacial score (nSPS) is 12.7. The number of allylic oxidation sites excluding steroid dienone is 1. The molecule has 0 atom stereocenters. The van der Waals surface area contributed by atoms with Gasteiger partial charge in [-0.1, -0.05) is 29.8 Å². The van der Waals surface area contributed by atoms with Gasteiger partial charge in [0.1, 0.15) is 0 Å². The Hall–Kier alpha value is -3.75. The number of benzene rings is 2. The largest absolute Gasteiger partial charge is 0.504 e. The molecular formula is C21H17F3N2O4. The summed E-state index contributed by atoms with van der Waals surface area (Å²) in [6.07, 6.45) is -3.18. The van der Waals surface area contributed by atoms with Crippen LogP contribution >= 0.6 is 0 Å². The van der Waals surface area contributed by atoms with E-state index in [2.05, 4.69) is 4.99 Å². The van der Waals surface area contributed by atoms with Gasteiger partial charge in [0.2, 0.25) is 16.9 Å². The van der Waals surface area contributed by atoms with Crippen molar-refractivity contribution in [3.63, 3.8) is 0 Å². The third-order valence-corrected chi connectivity index (χ3v) is 4.33. The molecule has 9 heteroatoms. The van der Waals surface area contributed by atoms with Gasteiger partial charge in [0, 0.05) is 18.0 Å². The Bertz CT molecular complexity index is 1230. The Morgan fingerprint density at radius 3 is 2.60 bits per heavy atom. The van der Waals surface area contributed by atoms with Crippen molar-refractivity contribution in [2.45, 2.75) is 19.6 Å². The molecule has 1 aromatic heterocycles. The second kappa shape index (κ2) is 7.94. The number of aromatic hydroxyl groups is 2. The lowest BCUT2D eigenvalue weighted by Gasteiger charge is -2.13. The minimum Gasteiger partial charge on any atom is -0.504 e. The van der Waals surface area contributed by atoms with Crippen LogP contribution in [0.5, 0.6) is 11.5 Å². The molecular weight excluding hydrogens is 401 g/mol. The lowest BCUT2D eigenvalue weighted by atomic mass is 10.0. The molecule has 0 radical (unpaired) electrons. The molecule has 0 aliphatic heterocycles. The second-order valence-electron chi connectivity index (χ2n) is 6.52. The van der Waals surface area contributed by atoms with Gasteiger partial charge in [-0.05, 0) is 24.6 Å². The molecule has 6 nitrogen and oxygen atoms in total. The first kappa shape index (κ1) is 21.0. The van der Waals surface area contributed by atoms with E-state index in [1.54, 1.807) is 6.07 Å². The minimum absolute atomic E-state index is 0.161. The molecule has 0 bridgehead atoms. The van der Waals surface area contributed by atoms with Crippen molar-refractivity contribution in [1.82, 2.24) is 0 Å². The van der Waals surface area contributed by atoms with Crippen LogP contribution in [0.25, 0.3) is 16.5 Å². The molecule has 30 heavy (non-hydrogen) atoms. The van der Waals surface area contributed by atoms with E-state index >= 15 is 0 Å². The van der Waals surface area contributed by atoms with Crippen molar-refractivity contribution in [3.8, 4) is 11.5 Å². The molecule has 0 amide bonds. The fourth-order valence-electron chi connectivity index (χ4n) is 2.95. The van der Waals surface area contributed by atoms with Gasteiger partial charge in [-0.3, -0.25) is 9.79 Å². The zero-order valence-corrected chi connectivity index (χ0v) is 15.7. The Labute approximate surface area is 168 Å². The van der Waals surface area contributed by atoms with Crippen LogP contribution in [0, 0.1) is 6.92 Å². The lowest BCUT2D eigenvalue weighted by Crippen LogP contribution is -2.19. The summed E-state index contributed by atoms with van der Waals surface area (Å²) in [5, 5.41) is 19.0. The topological polar surface area (TPSA) is 109 Å². The van der Waals surface area contributed by atoms with Crippen molar-refractivity contribution in [2.24, 2.45) is 10.7 Å². The molecule has 2 aromatic carbocycles. The van der Waals surface area contributed by atoms with E-state index in [1.165, 1.54) is 0 Å². The highest BCUT2D eigenvalue weighted by atomic mass is 19.4. The Morgan fingerprint density at radius 1 is 1.23 bits per heavy atom. The zero-order valence-electron chi connectivity index (χ0n) is 15.7. The highest BCUT2D eigenvalue weighted by Crippen LogP contribution is 2.39. The smallest absolute Gasteiger partial charge is 0.450 e. The first-order chi connectivity index (χ1) is 14.1. The summed E-state index contributed by atoms with van der Waals surface area (Å²) >= 11 is 0. The van der Waals surface area contributed by atoms with Gasteiger partial charge in [-0.15, -0.1) is 0 Å². The van der Waals surface area contributed by atoms with Gasteiger partial charge in [-0.2, -0.15) is 13.2 Å². The molecule has 0 aliphatic rings. The van der Waals surface area contributed by atoms with Crippen LogP contribution in [-0.2, 0) is 12.7 Å². The molecule has 156 valence electrons. The van der Waals surface area contributed by atoms with Crippen LogP contribution < -0.4 is 11.2 Å². The van der Waals surface area contributed by atoms with Crippen LogP contribution in [0.4, 0.5) is 13.2 Å². The molecule has 0 saturated heterocycles. The van der Waals surface area contributed by atoms with Gasteiger partial charge in [-0.25, -0.2) is 0 Å². The van der Waals surface area contributed by atoms with E-state index in [0.717, 1.165) is 35.7 Å². The number of hydrogen-bond acceptors (Lipinski definition) is 6. The molecule has 0 unspecified atom stereocenters. The Morgan fingerprint density at radius 2 is 1.97 bits per heavy atom. The maximum atomic E-state index is 13.6. The van der Waals surface area contributed by atoms with E-state index in [4.69, 9.17) is 10.2 Å². The maximum Gasteiger partial charge on any atom is 0.450 e. The van der Waals surface area contributed by atoms with Crippen molar-refractivity contribution in [1.29, 1.82) is 0 Å². The number of nitrogens with zero attached hydrogens (tertiary/aromatic N) is 1. The average Bonchev–Trinajstić information content (AvgIpc) is 2.68. The summed E-state index contributed by atoms with van der Waals surface area (Å²) in [7, 11) is 0. The first-order valence-electron chi connectivity index (χ1n) is 8.70. The minimum atomic E-state index is -5.07. The van der Waals surface area contributed by atoms with E-state index in [0.29, 0.717) is 0 Å². The summed E-state index contributed by atoms with van der Waals surface area (Å²) in [5.74, 6) is -3.34. The molecule has 0 aliphatic carbocycles. The van der Waals surface area contributed by atoms with E-state index in [9.17, 15) is 28.2 Å². The lowest BCUT2D eigenvalue weighted by molar-refractivity contribution is -0.153. The van der Waals surface area contributed by atoms with Crippen molar-refractivity contribution < 1.29 is 27.8 Å². The van der Waals surface area contributed by atoms with Crippen LogP contribution in [-0.4, -0.2) is 16.4 Å². The zero-order chi connectivity index (χ0) is 22.1. The Balaban J connectivity index is 2.14. The summed E-state index contributed by atoms with van der Waals surface area (Å²) < 4.78 is 45.7. The quantitative estimate of drug-likeness (QED) is 0.437. The highest BCUT2D eigenvalue weighted by Gasteiger charge is 2.40. The van der Waals surface area contributed by atoms with E-state index in [1.807, 2.05) is 25.1 Å². The fourth-order valence-corrected chi connectivity index (χ4v) is 2.95. The number of fused-ring (bicyclic) bond motifs is 1. The third kappa shape index (κ3) is 4.00. The number of nitrogens with two attached hydrogens (primary N) is 1. The standard InChI is InChI=1S/C21H17F3N2O4/c1-11-3-2-4-12(7-11)9-26-10-13(8-25)16-17(28)14-5-6-15(27)18(29)19(14)30-20(16)21(22,23)24/h2-8,10,27,29H,9,25H2,1H3/b13-8+,26-10?. The number of halogens is 3. The van der Waals surface area contributed by atoms with Gasteiger partial charge < -0.3 is 20.4 Å². The Kier molecular flexibility index (Phi) is 5.55. The van der Waals surface area contributed by atoms with Gasteiger partial charge in [0.25, 0.3) is 0 Å². The van der Waals surface area contributed by atoms with Crippen LogP contribution in [0.3, 0.4) is 0 Å². The molecule has 4 N–H and O–H groups in total. The fraction of sp³-hybridized carbons (Fsp3) is 0.143.